The topological polar surface area (TPSA) is 62.5 Å². The second kappa shape index (κ2) is 6.79. The Bertz CT molecular complexity index is 620. The number of aryl methyl sites for hydroxylation is 1. The van der Waals surface area contributed by atoms with Crippen LogP contribution in [0.25, 0.3) is 0 Å². The van der Waals surface area contributed by atoms with E-state index < -0.39 is 0 Å². The maximum atomic E-state index is 12.3. The lowest BCUT2D eigenvalue weighted by Gasteiger charge is -2.36. The monoisotopic (exact) mass is 316 g/mol. The van der Waals surface area contributed by atoms with Crippen LogP contribution in [0.5, 0.6) is 0 Å². The van der Waals surface area contributed by atoms with Gasteiger partial charge in [0.05, 0.1) is 5.69 Å². The molecule has 0 radical (unpaired) electrons. The van der Waals surface area contributed by atoms with Gasteiger partial charge >= 0.3 is 0 Å². The molecule has 1 saturated heterocycles. The summed E-state index contributed by atoms with van der Waals surface area (Å²) in [4.78, 5) is 20.7. The predicted octanol–water partition coefficient (Wildman–Crippen LogP) is 2.01. The zero-order valence-corrected chi connectivity index (χ0v) is 13.3. The van der Waals surface area contributed by atoms with Crippen molar-refractivity contribution in [3.8, 4) is 0 Å². The molecule has 0 bridgehead atoms. The van der Waals surface area contributed by atoms with Gasteiger partial charge in [-0.3, -0.25) is 4.79 Å². The zero-order chi connectivity index (χ0) is 15.4. The quantitative estimate of drug-likeness (QED) is 0.937. The van der Waals surface area contributed by atoms with Crippen LogP contribution in [-0.2, 0) is 11.2 Å². The van der Waals surface area contributed by atoms with E-state index in [1.165, 1.54) is 17.0 Å². The largest absolute Gasteiger partial charge is 0.375 e. The Hall–Kier alpha value is -2.08. The summed E-state index contributed by atoms with van der Waals surface area (Å²) in [6, 6.07) is 10.3. The fraction of sp³-hybridized carbons (Fsp3) is 0.375. The Kier molecular flexibility index (Phi) is 4.58. The number of aromatic nitrogens is 1. The molecule has 1 amide bonds. The molecular weight excluding hydrogens is 296 g/mol. The molecule has 116 valence electrons. The lowest BCUT2D eigenvalue weighted by molar-refractivity contribution is -0.131. The van der Waals surface area contributed by atoms with Crippen LogP contribution in [0.1, 0.15) is 12.1 Å². The van der Waals surface area contributed by atoms with Crippen molar-refractivity contribution in [1.82, 2.24) is 9.88 Å². The van der Waals surface area contributed by atoms with Gasteiger partial charge in [-0.2, -0.15) is 0 Å². The predicted molar refractivity (Wildman–Crippen MR) is 90.1 cm³/mol. The smallest absolute Gasteiger partial charge is 0.223 e. The number of piperazine rings is 1. The maximum absolute atomic E-state index is 12.3. The summed E-state index contributed by atoms with van der Waals surface area (Å²) in [6.07, 6.45) is 1.18. The fourth-order valence-electron chi connectivity index (χ4n) is 2.68. The minimum atomic E-state index is 0.208. The van der Waals surface area contributed by atoms with E-state index in [4.69, 9.17) is 5.73 Å². The number of anilines is 2. The van der Waals surface area contributed by atoms with Gasteiger partial charge in [0.2, 0.25) is 5.91 Å². The standard InChI is InChI=1S/C16H20N4OS/c17-16-18-13(12-22-16)6-7-15(21)20-10-8-19(9-11-20)14-4-2-1-3-5-14/h1-5,12H,6-11H2,(H2,17,18). The lowest BCUT2D eigenvalue weighted by atomic mass is 10.2. The first kappa shape index (κ1) is 14.8. The third-order valence-electron chi connectivity index (χ3n) is 3.92. The second-order valence-electron chi connectivity index (χ2n) is 5.38. The number of para-hydroxylation sites is 1. The first-order valence-electron chi connectivity index (χ1n) is 7.50. The molecule has 1 aromatic heterocycles. The van der Waals surface area contributed by atoms with Crippen LogP contribution in [0.2, 0.25) is 0 Å². The summed E-state index contributed by atoms with van der Waals surface area (Å²) >= 11 is 1.42. The van der Waals surface area contributed by atoms with Gasteiger partial charge in [-0.1, -0.05) is 18.2 Å². The van der Waals surface area contributed by atoms with Crippen molar-refractivity contribution >= 4 is 28.1 Å². The molecule has 0 aliphatic carbocycles. The van der Waals surface area contributed by atoms with Crippen LogP contribution in [0.3, 0.4) is 0 Å². The Labute approximate surface area is 134 Å². The molecular formula is C16H20N4OS. The zero-order valence-electron chi connectivity index (χ0n) is 12.4. The van der Waals surface area contributed by atoms with Gasteiger partial charge in [-0.25, -0.2) is 4.98 Å². The molecule has 2 heterocycles. The Morgan fingerprint density at radius 2 is 1.91 bits per heavy atom. The highest BCUT2D eigenvalue weighted by Crippen LogP contribution is 2.17. The molecule has 5 nitrogen and oxygen atoms in total. The highest BCUT2D eigenvalue weighted by molar-refractivity contribution is 7.13. The summed E-state index contributed by atoms with van der Waals surface area (Å²) < 4.78 is 0. The van der Waals surface area contributed by atoms with Gasteiger partial charge in [0.15, 0.2) is 5.13 Å². The number of nitrogens with two attached hydrogens (primary N) is 1. The normalized spacial score (nSPS) is 15.1. The van der Waals surface area contributed by atoms with E-state index in [0.717, 1.165) is 31.9 Å². The molecule has 0 saturated carbocycles. The van der Waals surface area contributed by atoms with Crippen molar-refractivity contribution in [1.29, 1.82) is 0 Å². The van der Waals surface area contributed by atoms with Gasteiger partial charge in [0.25, 0.3) is 0 Å². The average molecular weight is 316 g/mol. The molecule has 0 unspecified atom stereocenters. The van der Waals surface area contributed by atoms with Crippen molar-refractivity contribution in [2.24, 2.45) is 0 Å². The first-order chi connectivity index (χ1) is 10.7. The number of nitrogen functional groups attached to an aromatic ring is 1. The molecule has 3 rings (SSSR count). The number of carbonyl (C=O) groups excluding carboxylic acids is 1. The number of amides is 1. The summed E-state index contributed by atoms with van der Waals surface area (Å²) in [5, 5.41) is 2.49. The van der Waals surface area contributed by atoms with Crippen molar-refractivity contribution in [2.45, 2.75) is 12.8 Å². The van der Waals surface area contributed by atoms with Gasteiger partial charge in [0.1, 0.15) is 0 Å². The number of hydrogen-bond donors (Lipinski definition) is 1. The van der Waals surface area contributed by atoms with Crippen LogP contribution >= 0.6 is 11.3 Å². The van der Waals surface area contributed by atoms with Crippen LogP contribution in [0.15, 0.2) is 35.7 Å². The third kappa shape index (κ3) is 3.57. The summed E-state index contributed by atoms with van der Waals surface area (Å²) in [5.41, 5.74) is 7.75. The second-order valence-corrected chi connectivity index (χ2v) is 6.27. The molecule has 6 heteroatoms. The van der Waals surface area contributed by atoms with E-state index in [1.54, 1.807) is 0 Å². The van der Waals surface area contributed by atoms with Gasteiger partial charge in [-0.15, -0.1) is 11.3 Å². The molecule has 0 atom stereocenters. The number of thiazole rings is 1. The van der Waals surface area contributed by atoms with Crippen molar-refractivity contribution in [3.63, 3.8) is 0 Å². The van der Waals surface area contributed by atoms with E-state index in [2.05, 4.69) is 22.0 Å². The van der Waals surface area contributed by atoms with Crippen LogP contribution in [-0.4, -0.2) is 42.0 Å². The third-order valence-corrected chi connectivity index (χ3v) is 4.64. The molecule has 1 aliphatic heterocycles. The molecule has 22 heavy (non-hydrogen) atoms. The van der Waals surface area contributed by atoms with Crippen LogP contribution < -0.4 is 10.6 Å². The lowest BCUT2D eigenvalue weighted by Crippen LogP contribution is -2.48. The van der Waals surface area contributed by atoms with E-state index in [-0.39, 0.29) is 5.91 Å². The molecule has 2 N–H and O–H groups in total. The summed E-state index contributed by atoms with van der Waals surface area (Å²) in [6.45, 7) is 3.35. The van der Waals surface area contributed by atoms with Gasteiger partial charge < -0.3 is 15.5 Å². The number of carbonyl (C=O) groups is 1. The SMILES string of the molecule is Nc1nc(CCC(=O)N2CCN(c3ccccc3)CC2)cs1. The highest BCUT2D eigenvalue weighted by atomic mass is 32.1. The van der Waals surface area contributed by atoms with Crippen molar-refractivity contribution in [3.05, 3.63) is 41.4 Å². The average Bonchev–Trinajstić information content (AvgIpc) is 2.99. The van der Waals surface area contributed by atoms with Crippen molar-refractivity contribution in [2.75, 3.05) is 36.8 Å². The molecule has 1 aliphatic rings. The minimum Gasteiger partial charge on any atom is -0.375 e. The highest BCUT2D eigenvalue weighted by Gasteiger charge is 2.21. The van der Waals surface area contributed by atoms with E-state index in [9.17, 15) is 4.79 Å². The molecule has 2 aromatic rings. The van der Waals surface area contributed by atoms with E-state index in [0.29, 0.717) is 18.0 Å². The van der Waals surface area contributed by atoms with Gasteiger partial charge in [-0.05, 0) is 18.6 Å². The minimum absolute atomic E-state index is 0.208. The Morgan fingerprint density at radius 1 is 1.18 bits per heavy atom. The fourth-order valence-corrected chi connectivity index (χ4v) is 3.28. The van der Waals surface area contributed by atoms with E-state index >= 15 is 0 Å². The number of hydrogen-bond acceptors (Lipinski definition) is 5. The molecule has 1 aromatic carbocycles. The van der Waals surface area contributed by atoms with E-state index in [1.807, 2.05) is 28.5 Å². The van der Waals surface area contributed by atoms with Gasteiger partial charge in [0, 0.05) is 43.7 Å². The number of benzene rings is 1. The Balaban J connectivity index is 1.47. The van der Waals surface area contributed by atoms with Crippen molar-refractivity contribution < 1.29 is 4.79 Å². The Morgan fingerprint density at radius 3 is 2.55 bits per heavy atom. The maximum Gasteiger partial charge on any atom is 0.223 e. The molecule has 0 spiro atoms. The van der Waals surface area contributed by atoms with Crippen LogP contribution in [0.4, 0.5) is 10.8 Å². The summed E-state index contributed by atoms with van der Waals surface area (Å²) in [5.74, 6) is 0.208. The first-order valence-corrected chi connectivity index (χ1v) is 8.38. The van der Waals surface area contributed by atoms with Crippen LogP contribution in [0, 0.1) is 0 Å². The summed E-state index contributed by atoms with van der Waals surface area (Å²) in [7, 11) is 0. The number of rotatable bonds is 4. The molecule has 1 fully saturated rings. The number of nitrogens with zero attached hydrogens (tertiary/aromatic N) is 3.